The first kappa shape index (κ1) is 24.5. The van der Waals surface area contributed by atoms with Crippen molar-refractivity contribution in [2.24, 2.45) is 4.99 Å². The lowest BCUT2D eigenvalue weighted by molar-refractivity contribution is -0.0318. The normalized spacial score (nSPS) is 20.4. The molecule has 29 heavy (non-hydrogen) atoms. The van der Waals surface area contributed by atoms with Gasteiger partial charge in [0, 0.05) is 62.8 Å². The Hall–Kier alpha value is -0.770. The smallest absolute Gasteiger partial charge is 0.191 e. The molecule has 0 spiro atoms. The van der Waals surface area contributed by atoms with Crippen molar-refractivity contribution in [1.29, 1.82) is 0 Å². The third kappa shape index (κ3) is 8.47. The predicted octanol–water partition coefficient (Wildman–Crippen LogP) is 3.68. The molecule has 0 saturated carbocycles. The highest BCUT2D eigenvalue weighted by atomic mass is 127. The minimum absolute atomic E-state index is 0. The van der Waals surface area contributed by atoms with E-state index in [4.69, 9.17) is 26.1 Å². The molecule has 0 bridgehead atoms. The molecule has 1 aromatic carbocycles. The van der Waals surface area contributed by atoms with Gasteiger partial charge >= 0.3 is 0 Å². The lowest BCUT2D eigenvalue weighted by Crippen LogP contribution is -2.44. The summed E-state index contributed by atoms with van der Waals surface area (Å²) in [5.41, 5.74) is 1.18. The third-order valence-corrected chi connectivity index (χ3v) is 5.38. The SMILES string of the molecule is CCNC(=NCCCOC1CCOCC1)NC1CCN(c2cccc(Cl)c2)C1.I. The fraction of sp³-hybridized carbons (Fsp3) is 0.667. The van der Waals surface area contributed by atoms with Crippen LogP contribution in [0.15, 0.2) is 29.3 Å². The molecule has 8 heteroatoms. The molecule has 0 aromatic heterocycles. The Bertz CT molecular complexity index is 628. The number of nitrogens with zero attached hydrogens (tertiary/aromatic N) is 2. The van der Waals surface area contributed by atoms with Crippen molar-refractivity contribution in [2.75, 3.05) is 50.9 Å². The molecule has 0 radical (unpaired) electrons. The van der Waals surface area contributed by atoms with E-state index in [1.807, 2.05) is 18.2 Å². The van der Waals surface area contributed by atoms with Gasteiger partial charge in [-0.15, -0.1) is 24.0 Å². The zero-order valence-corrected chi connectivity index (χ0v) is 20.3. The van der Waals surface area contributed by atoms with E-state index < -0.39 is 0 Å². The fourth-order valence-electron chi connectivity index (χ4n) is 3.65. The predicted molar refractivity (Wildman–Crippen MR) is 131 cm³/mol. The summed E-state index contributed by atoms with van der Waals surface area (Å²) in [4.78, 5) is 7.09. The van der Waals surface area contributed by atoms with Gasteiger partial charge in [0.1, 0.15) is 0 Å². The highest BCUT2D eigenvalue weighted by Crippen LogP contribution is 2.23. The van der Waals surface area contributed by atoms with Crippen molar-refractivity contribution >= 4 is 47.2 Å². The number of guanidine groups is 1. The number of hydrogen-bond donors (Lipinski definition) is 2. The summed E-state index contributed by atoms with van der Waals surface area (Å²) in [6.07, 6.45) is 4.41. The van der Waals surface area contributed by atoms with Crippen LogP contribution >= 0.6 is 35.6 Å². The summed E-state index contributed by atoms with van der Waals surface area (Å²) < 4.78 is 11.3. The second-order valence-corrected chi connectivity index (χ2v) is 7.79. The van der Waals surface area contributed by atoms with Gasteiger partial charge in [0.2, 0.25) is 0 Å². The lowest BCUT2D eigenvalue weighted by Gasteiger charge is -2.22. The van der Waals surface area contributed by atoms with Crippen molar-refractivity contribution in [3.8, 4) is 0 Å². The van der Waals surface area contributed by atoms with Crippen LogP contribution in [0.25, 0.3) is 0 Å². The monoisotopic (exact) mass is 536 g/mol. The van der Waals surface area contributed by atoms with Crippen molar-refractivity contribution < 1.29 is 9.47 Å². The Balaban J connectivity index is 0.00000300. The first-order valence-electron chi connectivity index (χ1n) is 10.5. The lowest BCUT2D eigenvalue weighted by atomic mass is 10.1. The molecule has 1 atom stereocenters. The van der Waals surface area contributed by atoms with Crippen LogP contribution in [0, 0.1) is 0 Å². The number of nitrogens with one attached hydrogen (secondary N) is 2. The average Bonchev–Trinajstić information content (AvgIpc) is 3.17. The Morgan fingerprint density at radius 2 is 2.14 bits per heavy atom. The van der Waals surface area contributed by atoms with E-state index in [-0.39, 0.29) is 24.0 Å². The standard InChI is InChI=1S/C21H33ClN4O2.HI/c1-2-23-21(24-10-4-12-28-20-8-13-27-14-9-20)25-18-7-11-26(16-18)19-6-3-5-17(22)15-19;/h3,5-6,15,18,20H,2,4,7-14,16H2,1H3,(H2,23,24,25);1H. The highest BCUT2D eigenvalue weighted by molar-refractivity contribution is 14.0. The van der Waals surface area contributed by atoms with E-state index in [0.29, 0.717) is 12.1 Å². The Morgan fingerprint density at radius 3 is 2.90 bits per heavy atom. The topological polar surface area (TPSA) is 58.1 Å². The Kier molecular flexibility index (Phi) is 11.4. The first-order chi connectivity index (χ1) is 13.7. The molecule has 0 aliphatic carbocycles. The number of ether oxygens (including phenoxy) is 2. The van der Waals surface area contributed by atoms with E-state index in [0.717, 1.165) is 82.7 Å². The number of rotatable bonds is 8. The molecular weight excluding hydrogens is 503 g/mol. The van der Waals surface area contributed by atoms with E-state index in [9.17, 15) is 0 Å². The largest absolute Gasteiger partial charge is 0.381 e. The van der Waals surface area contributed by atoms with Crippen molar-refractivity contribution in [3.05, 3.63) is 29.3 Å². The van der Waals surface area contributed by atoms with E-state index in [1.54, 1.807) is 0 Å². The number of benzene rings is 1. The molecule has 0 amide bonds. The molecule has 2 fully saturated rings. The summed E-state index contributed by atoms with van der Waals surface area (Å²) in [6, 6.07) is 8.45. The highest BCUT2D eigenvalue weighted by Gasteiger charge is 2.23. The summed E-state index contributed by atoms with van der Waals surface area (Å²) in [7, 11) is 0. The molecule has 2 saturated heterocycles. The van der Waals surface area contributed by atoms with Crippen LogP contribution in [0.4, 0.5) is 5.69 Å². The Morgan fingerprint density at radius 1 is 1.31 bits per heavy atom. The quantitative estimate of drug-likeness (QED) is 0.230. The first-order valence-corrected chi connectivity index (χ1v) is 10.9. The van der Waals surface area contributed by atoms with Crippen LogP contribution < -0.4 is 15.5 Å². The number of hydrogen-bond acceptors (Lipinski definition) is 4. The summed E-state index contributed by atoms with van der Waals surface area (Å²) in [6.45, 7) is 8.11. The minimum Gasteiger partial charge on any atom is -0.381 e. The van der Waals surface area contributed by atoms with Gasteiger partial charge in [-0.05, 0) is 50.8 Å². The maximum atomic E-state index is 6.13. The van der Waals surface area contributed by atoms with Crippen LogP contribution in [0.2, 0.25) is 5.02 Å². The molecule has 2 aliphatic rings. The van der Waals surface area contributed by atoms with Gasteiger partial charge in [0.05, 0.1) is 6.10 Å². The van der Waals surface area contributed by atoms with Gasteiger partial charge in [-0.25, -0.2) is 0 Å². The minimum atomic E-state index is 0. The number of aliphatic imine (C=N–C) groups is 1. The molecule has 6 nitrogen and oxygen atoms in total. The molecule has 164 valence electrons. The van der Waals surface area contributed by atoms with Crippen LogP contribution in [0.1, 0.15) is 32.6 Å². The molecule has 1 aromatic rings. The van der Waals surface area contributed by atoms with E-state index in [1.165, 1.54) is 5.69 Å². The van der Waals surface area contributed by atoms with Crippen molar-refractivity contribution in [1.82, 2.24) is 10.6 Å². The second-order valence-electron chi connectivity index (χ2n) is 7.35. The van der Waals surface area contributed by atoms with Crippen LogP contribution in [-0.4, -0.2) is 64.1 Å². The van der Waals surface area contributed by atoms with Crippen molar-refractivity contribution in [2.45, 2.75) is 44.8 Å². The van der Waals surface area contributed by atoms with Crippen LogP contribution in [0.5, 0.6) is 0 Å². The molecule has 2 N–H and O–H groups in total. The fourth-order valence-corrected chi connectivity index (χ4v) is 3.83. The van der Waals surface area contributed by atoms with Gasteiger partial charge in [-0.2, -0.15) is 0 Å². The summed E-state index contributed by atoms with van der Waals surface area (Å²) in [5.74, 6) is 0.895. The van der Waals surface area contributed by atoms with E-state index >= 15 is 0 Å². The van der Waals surface area contributed by atoms with Crippen LogP contribution in [-0.2, 0) is 9.47 Å². The summed E-state index contributed by atoms with van der Waals surface area (Å²) in [5, 5.41) is 7.72. The number of halogens is 2. The van der Waals surface area contributed by atoms with Crippen molar-refractivity contribution in [3.63, 3.8) is 0 Å². The van der Waals surface area contributed by atoms with Gasteiger partial charge in [0.15, 0.2) is 5.96 Å². The molecule has 2 heterocycles. The summed E-state index contributed by atoms with van der Waals surface area (Å²) >= 11 is 6.13. The zero-order chi connectivity index (χ0) is 19.6. The molecule has 1 unspecified atom stereocenters. The van der Waals surface area contributed by atoms with E-state index in [2.05, 4.69) is 28.5 Å². The number of anilines is 1. The third-order valence-electron chi connectivity index (χ3n) is 5.14. The second kappa shape index (κ2) is 13.5. The Labute approximate surface area is 196 Å². The molecule has 2 aliphatic heterocycles. The maximum Gasteiger partial charge on any atom is 0.191 e. The maximum absolute atomic E-state index is 6.13. The molecular formula is C21H34ClIN4O2. The molecule has 3 rings (SSSR count). The van der Waals surface area contributed by atoms with Gasteiger partial charge in [0.25, 0.3) is 0 Å². The van der Waals surface area contributed by atoms with Crippen LogP contribution in [0.3, 0.4) is 0 Å². The van der Waals surface area contributed by atoms with Gasteiger partial charge in [-0.3, -0.25) is 4.99 Å². The zero-order valence-electron chi connectivity index (χ0n) is 17.2. The average molecular weight is 537 g/mol. The van der Waals surface area contributed by atoms with Gasteiger partial charge < -0.3 is 25.0 Å². The van der Waals surface area contributed by atoms with Gasteiger partial charge in [-0.1, -0.05) is 17.7 Å².